The second kappa shape index (κ2) is 4.76. The standard InChI is InChI=1S/C9H9ClN8O/c10-7-15-8(14-5-1-6(19)12-2-5)17-9(16-7)18-4-11-3-13-18/h3-5H,1-2H2,(H,12,19)(H,14,15,16,17). The maximum atomic E-state index is 11.1. The zero-order valence-corrected chi connectivity index (χ0v) is 10.4. The number of halogens is 1. The molecule has 3 heterocycles. The van der Waals surface area contributed by atoms with Crippen molar-refractivity contribution < 1.29 is 4.79 Å². The van der Waals surface area contributed by atoms with Crippen molar-refractivity contribution in [3.05, 3.63) is 17.9 Å². The number of amides is 1. The number of hydrogen-bond acceptors (Lipinski definition) is 7. The minimum Gasteiger partial charge on any atom is -0.354 e. The predicted octanol–water partition coefficient (Wildman–Crippen LogP) is -0.594. The molecular formula is C9H9ClN8O. The van der Waals surface area contributed by atoms with Gasteiger partial charge < -0.3 is 10.6 Å². The van der Waals surface area contributed by atoms with Crippen LogP contribution in [-0.4, -0.2) is 48.2 Å². The van der Waals surface area contributed by atoms with Crippen molar-refractivity contribution in [3.8, 4) is 5.95 Å². The van der Waals surface area contributed by atoms with E-state index in [1.165, 1.54) is 17.3 Å². The van der Waals surface area contributed by atoms with Crippen LogP contribution in [-0.2, 0) is 4.79 Å². The molecule has 19 heavy (non-hydrogen) atoms. The van der Waals surface area contributed by atoms with Crippen LogP contribution >= 0.6 is 11.6 Å². The normalized spacial score (nSPS) is 18.4. The lowest BCUT2D eigenvalue weighted by atomic mass is 10.3. The summed E-state index contributed by atoms with van der Waals surface area (Å²) in [6.07, 6.45) is 3.20. The number of hydrogen-bond donors (Lipinski definition) is 2. The number of rotatable bonds is 3. The highest BCUT2D eigenvalue weighted by molar-refractivity contribution is 6.28. The van der Waals surface area contributed by atoms with Gasteiger partial charge in [-0.1, -0.05) is 0 Å². The van der Waals surface area contributed by atoms with Gasteiger partial charge in [0.05, 0.1) is 6.04 Å². The van der Waals surface area contributed by atoms with E-state index in [1.54, 1.807) is 0 Å². The molecule has 2 aromatic rings. The molecule has 0 aliphatic carbocycles. The number of nitrogens with zero attached hydrogens (tertiary/aromatic N) is 6. The summed E-state index contributed by atoms with van der Waals surface area (Å²) in [4.78, 5) is 27.0. The summed E-state index contributed by atoms with van der Waals surface area (Å²) in [7, 11) is 0. The molecule has 1 aliphatic rings. The summed E-state index contributed by atoms with van der Waals surface area (Å²) in [6, 6.07) is -0.0606. The third kappa shape index (κ3) is 2.60. The lowest BCUT2D eigenvalue weighted by Gasteiger charge is -2.10. The quantitative estimate of drug-likeness (QED) is 0.773. The van der Waals surface area contributed by atoms with Crippen molar-refractivity contribution in [1.29, 1.82) is 0 Å². The zero-order chi connectivity index (χ0) is 13.2. The van der Waals surface area contributed by atoms with Gasteiger partial charge in [0.2, 0.25) is 17.1 Å². The largest absolute Gasteiger partial charge is 0.354 e. The minimum atomic E-state index is -0.0606. The van der Waals surface area contributed by atoms with E-state index < -0.39 is 0 Å². The van der Waals surface area contributed by atoms with E-state index in [-0.39, 0.29) is 23.2 Å². The van der Waals surface area contributed by atoms with E-state index in [1.807, 2.05) is 0 Å². The maximum absolute atomic E-state index is 11.1. The van der Waals surface area contributed by atoms with Gasteiger partial charge in [-0.2, -0.15) is 24.7 Å². The minimum absolute atomic E-state index is 0.00541. The molecule has 10 heteroatoms. The molecule has 9 nitrogen and oxygen atoms in total. The molecule has 1 fully saturated rings. The molecular weight excluding hydrogens is 272 g/mol. The highest BCUT2D eigenvalue weighted by Crippen LogP contribution is 2.11. The molecule has 1 amide bonds. The van der Waals surface area contributed by atoms with Crippen LogP contribution in [0.25, 0.3) is 5.95 Å². The van der Waals surface area contributed by atoms with Crippen molar-refractivity contribution in [2.45, 2.75) is 12.5 Å². The van der Waals surface area contributed by atoms with Gasteiger partial charge in [0.1, 0.15) is 12.7 Å². The summed E-state index contributed by atoms with van der Waals surface area (Å²) < 4.78 is 1.37. The first-order valence-electron chi connectivity index (χ1n) is 5.50. The molecule has 0 saturated carbocycles. The van der Waals surface area contributed by atoms with Crippen molar-refractivity contribution in [2.24, 2.45) is 0 Å². The third-order valence-corrected chi connectivity index (χ3v) is 2.70. The van der Waals surface area contributed by atoms with Gasteiger partial charge in [0.25, 0.3) is 5.95 Å². The van der Waals surface area contributed by atoms with Gasteiger partial charge in [-0.25, -0.2) is 4.98 Å². The molecule has 1 unspecified atom stereocenters. The first-order valence-corrected chi connectivity index (χ1v) is 5.88. The topological polar surface area (TPSA) is 111 Å². The molecule has 1 saturated heterocycles. The SMILES string of the molecule is O=C1CC(Nc2nc(Cl)nc(-n3cncn3)n2)CN1. The van der Waals surface area contributed by atoms with Crippen LogP contribution in [0.5, 0.6) is 0 Å². The van der Waals surface area contributed by atoms with Gasteiger partial charge in [-0.15, -0.1) is 0 Å². The van der Waals surface area contributed by atoms with E-state index >= 15 is 0 Å². The van der Waals surface area contributed by atoms with Crippen molar-refractivity contribution in [1.82, 2.24) is 35.0 Å². The lowest BCUT2D eigenvalue weighted by Crippen LogP contribution is -2.24. The number of carbonyl (C=O) groups excluding carboxylic acids is 1. The lowest BCUT2D eigenvalue weighted by molar-refractivity contribution is -0.119. The van der Waals surface area contributed by atoms with Gasteiger partial charge in [-0.3, -0.25) is 4.79 Å². The van der Waals surface area contributed by atoms with E-state index in [4.69, 9.17) is 11.6 Å². The first kappa shape index (κ1) is 11.8. The van der Waals surface area contributed by atoms with Crippen molar-refractivity contribution >= 4 is 23.5 Å². The molecule has 0 radical (unpaired) electrons. The second-order valence-corrected chi connectivity index (χ2v) is 4.26. The highest BCUT2D eigenvalue weighted by atomic mass is 35.5. The van der Waals surface area contributed by atoms with E-state index in [0.29, 0.717) is 18.9 Å². The van der Waals surface area contributed by atoms with Crippen LogP contribution < -0.4 is 10.6 Å². The van der Waals surface area contributed by atoms with Gasteiger partial charge in [0, 0.05) is 13.0 Å². The summed E-state index contributed by atoms with van der Waals surface area (Å²) in [5.41, 5.74) is 0. The van der Waals surface area contributed by atoms with Gasteiger partial charge in [0.15, 0.2) is 0 Å². The molecule has 2 N–H and O–H groups in total. The van der Waals surface area contributed by atoms with E-state index in [2.05, 4.69) is 35.7 Å². The van der Waals surface area contributed by atoms with Crippen LogP contribution in [0.1, 0.15) is 6.42 Å². The molecule has 0 aromatic carbocycles. The van der Waals surface area contributed by atoms with Gasteiger partial charge in [-0.05, 0) is 11.6 Å². The van der Waals surface area contributed by atoms with Crippen LogP contribution in [0.15, 0.2) is 12.7 Å². The average molecular weight is 281 g/mol. The Morgan fingerprint density at radius 3 is 3.00 bits per heavy atom. The Labute approximate surface area is 112 Å². The Kier molecular flexibility index (Phi) is 2.95. The number of carbonyl (C=O) groups is 1. The predicted molar refractivity (Wildman–Crippen MR) is 64.8 cm³/mol. The van der Waals surface area contributed by atoms with Crippen LogP contribution in [0.2, 0.25) is 5.28 Å². The van der Waals surface area contributed by atoms with Gasteiger partial charge >= 0.3 is 0 Å². The monoisotopic (exact) mass is 280 g/mol. The van der Waals surface area contributed by atoms with Crippen LogP contribution in [0.4, 0.5) is 5.95 Å². The fraction of sp³-hybridized carbons (Fsp3) is 0.333. The molecule has 1 atom stereocenters. The van der Waals surface area contributed by atoms with E-state index in [0.717, 1.165) is 0 Å². The number of anilines is 1. The Morgan fingerprint density at radius 1 is 1.42 bits per heavy atom. The Morgan fingerprint density at radius 2 is 2.32 bits per heavy atom. The first-order chi connectivity index (χ1) is 9.20. The highest BCUT2D eigenvalue weighted by Gasteiger charge is 2.22. The summed E-state index contributed by atoms with van der Waals surface area (Å²) in [5, 5.41) is 9.69. The second-order valence-electron chi connectivity index (χ2n) is 3.92. The Balaban J connectivity index is 1.84. The molecule has 2 aromatic heterocycles. The summed E-state index contributed by atoms with van der Waals surface area (Å²) >= 11 is 5.83. The zero-order valence-electron chi connectivity index (χ0n) is 9.62. The third-order valence-electron chi connectivity index (χ3n) is 2.53. The molecule has 98 valence electrons. The maximum Gasteiger partial charge on any atom is 0.258 e. The Bertz CT molecular complexity index is 600. The number of nitrogens with one attached hydrogen (secondary N) is 2. The fourth-order valence-electron chi connectivity index (χ4n) is 1.71. The fourth-order valence-corrected chi connectivity index (χ4v) is 1.86. The molecule has 3 rings (SSSR count). The summed E-state index contributed by atoms with van der Waals surface area (Å²) in [5.74, 6) is 0.554. The van der Waals surface area contributed by atoms with Crippen LogP contribution in [0, 0.1) is 0 Å². The molecule has 0 bridgehead atoms. The van der Waals surface area contributed by atoms with E-state index in [9.17, 15) is 4.79 Å². The Hall–Kier alpha value is -2.29. The molecule has 1 aliphatic heterocycles. The molecule has 0 spiro atoms. The average Bonchev–Trinajstić information content (AvgIpc) is 3.00. The smallest absolute Gasteiger partial charge is 0.258 e. The summed E-state index contributed by atoms with van der Waals surface area (Å²) in [6.45, 7) is 0.529. The number of aromatic nitrogens is 6. The van der Waals surface area contributed by atoms with Crippen molar-refractivity contribution in [3.63, 3.8) is 0 Å². The van der Waals surface area contributed by atoms with Crippen molar-refractivity contribution in [2.75, 3.05) is 11.9 Å². The van der Waals surface area contributed by atoms with Crippen LogP contribution in [0.3, 0.4) is 0 Å².